The van der Waals surface area contributed by atoms with Crippen molar-refractivity contribution >= 4 is 12.0 Å². The van der Waals surface area contributed by atoms with Crippen LogP contribution in [0.1, 0.15) is 24.5 Å². The Balaban J connectivity index is 1.78. The SMILES string of the molecule is CC(NC(=O)C/C=C/c1cccc(F)c1)C(O)Cc1ccccc1. The number of aliphatic hydroxyl groups excluding tert-OH is 1. The molecule has 126 valence electrons. The molecule has 0 aliphatic rings. The van der Waals surface area contributed by atoms with Crippen LogP contribution in [0.2, 0.25) is 0 Å². The predicted octanol–water partition coefficient (Wildman–Crippen LogP) is 3.34. The molecule has 0 aromatic heterocycles. The van der Waals surface area contributed by atoms with Gasteiger partial charge in [-0.25, -0.2) is 4.39 Å². The third kappa shape index (κ3) is 5.97. The Morgan fingerprint density at radius 1 is 1.21 bits per heavy atom. The number of benzene rings is 2. The van der Waals surface area contributed by atoms with E-state index in [0.717, 1.165) is 5.56 Å². The van der Waals surface area contributed by atoms with Crippen LogP contribution in [0.4, 0.5) is 4.39 Å². The number of aliphatic hydroxyl groups is 1. The topological polar surface area (TPSA) is 49.3 Å². The number of hydrogen-bond donors (Lipinski definition) is 2. The summed E-state index contributed by atoms with van der Waals surface area (Å²) < 4.78 is 13.1. The zero-order valence-corrected chi connectivity index (χ0v) is 13.7. The van der Waals surface area contributed by atoms with Crippen molar-refractivity contribution in [1.82, 2.24) is 5.32 Å². The highest BCUT2D eigenvalue weighted by molar-refractivity contribution is 5.78. The summed E-state index contributed by atoms with van der Waals surface area (Å²) in [5.74, 6) is -0.485. The van der Waals surface area contributed by atoms with E-state index in [-0.39, 0.29) is 24.2 Å². The number of hydrogen-bond acceptors (Lipinski definition) is 2. The van der Waals surface area contributed by atoms with Gasteiger partial charge in [-0.05, 0) is 30.2 Å². The molecule has 3 nitrogen and oxygen atoms in total. The van der Waals surface area contributed by atoms with Crippen LogP contribution in [0.15, 0.2) is 60.7 Å². The molecule has 0 saturated carbocycles. The fourth-order valence-corrected chi connectivity index (χ4v) is 2.35. The van der Waals surface area contributed by atoms with Gasteiger partial charge in [0.05, 0.1) is 12.1 Å². The Labute approximate surface area is 141 Å². The summed E-state index contributed by atoms with van der Waals surface area (Å²) in [7, 11) is 0. The number of amides is 1. The second kappa shape index (κ2) is 8.99. The van der Waals surface area contributed by atoms with Gasteiger partial charge < -0.3 is 10.4 Å². The summed E-state index contributed by atoms with van der Waals surface area (Å²) in [6.45, 7) is 1.78. The fourth-order valence-electron chi connectivity index (χ4n) is 2.35. The van der Waals surface area contributed by atoms with E-state index in [0.29, 0.717) is 12.0 Å². The Bertz CT molecular complexity index is 685. The average molecular weight is 327 g/mol. The van der Waals surface area contributed by atoms with Crippen LogP contribution in [0.25, 0.3) is 6.08 Å². The van der Waals surface area contributed by atoms with Crippen LogP contribution in [0.5, 0.6) is 0 Å². The maximum Gasteiger partial charge on any atom is 0.224 e. The largest absolute Gasteiger partial charge is 0.391 e. The minimum Gasteiger partial charge on any atom is -0.391 e. The van der Waals surface area contributed by atoms with Gasteiger partial charge in [0, 0.05) is 12.8 Å². The summed E-state index contributed by atoms with van der Waals surface area (Å²) in [5, 5.41) is 13.0. The molecule has 0 aliphatic heterocycles. The highest BCUT2D eigenvalue weighted by Crippen LogP contribution is 2.07. The van der Waals surface area contributed by atoms with Gasteiger partial charge in [0.1, 0.15) is 5.82 Å². The molecule has 0 aliphatic carbocycles. The third-order valence-corrected chi connectivity index (χ3v) is 3.72. The number of rotatable bonds is 7. The first-order valence-electron chi connectivity index (χ1n) is 7.98. The zero-order valence-electron chi connectivity index (χ0n) is 13.7. The van der Waals surface area contributed by atoms with Crippen LogP contribution in [0.3, 0.4) is 0 Å². The molecule has 2 rings (SSSR count). The molecule has 24 heavy (non-hydrogen) atoms. The molecule has 2 atom stereocenters. The lowest BCUT2D eigenvalue weighted by Crippen LogP contribution is -2.41. The van der Waals surface area contributed by atoms with Crippen molar-refractivity contribution in [3.05, 3.63) is 77.6 Å². The number of carbonyl (C=O) groups excluding carboxylic acids is 1. The van der Waals surface area contributed by atoms with Crippen molar-refractivity contribution in [2.24, 2.45) is 0 Å². The van der Waals surface area contributed by atoms with Crippen LogP contribution < -0.4 is 5.32 Å². The molecule has 0 fully saturated rings. The lowest BCUT2D eigenvalue weighted by atomic mass is 10.0. The van der Waals surface area contributed by atoms with Crippen molar-refractivity contribution < 1.29 is 14.3 Å². The van der Waals surface area contributed by atoms with Crippen molar-refractivity contribution in [2.45, 2.75) is 31.9 Å². The quantitative estimate of drug-likeness (QED) is 0.819. The van der Waals surface area contributed by atoms with Crippen LogP contribution >= 0.6 is 0 Å². The Morgan fingerprint density at radius 3 is 2.67 bits per heavy atom. The molecule has 2 aromatic rings. The number of carbonyl (C=O) groups is 1. The Morgan fingerprint density at radius 2 is 1.96 bits per heavy atom. The van der Waals surface area contributed by atoms with Crippen LogP contribution in [0, 0.1) is 5.82 Å². The fraction of sp³-hybridized carbons (Fsp3) is 0.250. The van der Waals surface area contributed by atoms with E-state index in [9.17, 15) is 14.3 Å². The summed E-state index contributed by atoms with van der Waals surface area (Å²) in [6.07, 6.45) is 3.40. The minimum absolute atomic E-state index is 0.178. The van der Waals surface area contributed by atoms with Gasteiger partial charge in [-0.1, -0.05) is 54.6 Å². The smallest absolute Gasteiger partial charge is 0.224 e. The number of nitrogens with one attached hydrogen (secondary N) is 1. The molecule has 0 bridgehead atoms. The summed E-state index contributed by atoms with van der Waals surface area (Å²) in [6, 6.07) is 15.5. The van der Waals surface area contributed by atoms with Crippen molar-refractivity contribution in [2.75, 3.05) is 0 Å². The van der Waals surface area contributed by atoms with E-state index in [2.05, 4.69) is 5.32 Å². The van der Waals surface area contributed by atoms with E-state index in [1.807, 2.05) is 30.3 Å². The monoisotopic (exact) mass is 327 g/mol. The van der Waals surface area contributed by atoms with E-state index in [1.165, 1.54) is 12.1 Å². The minimum atomic E-state index is -0.649. The zero-order chi connectivity index (χ0) is 17.4. The van der Waals surface area contributed by atoms with E-state index >= 15 is 0 Å². The molecule has 2 unspecified atom stereocenters. The van der Waals surface area contributed by atoms with Gasteiger partial charge in [0.2, 0.25) is 5.91 Å². The number of halogens is 1. The van der Waals surface area contributed by atoms with Gasteiger partial charge in [-0.2, -0.15) is 0 Å². The van der Waals surface area contributed by atoms with Gasteiger partial charge in [-0.15, -0.1) is 0 Å². The van der Waals surface area contributed by atoms with Crippen LogP contribution in [-0.4, -0.2) is 23.2 Å². The van der Waals surface area contributed by atoms with Crippen molar-refractivity contribution in [1.29, 1.82) is 0 Å². The highest BCUT2D eigenvalue weighted by atomic mass is 19.1. The second-order valence-electron chi connectivity index (χ2n) is 5.77. The van der Waals surface area contributed by atoms with Gasteiger partial charge in [0.15, 0.2) is 0 Å². The Kier molecular flexibility index (Phi) is 6.70. The van der Waals surface area contributed by atoms with Gasteiger partial charge >= 0.3 is 0 Å². The van der Waals surface area contributed by atoms with Crippen molar-refractivity contribution in [3.8, 4) is 0 Å². The molecule has 2 aromatic carbocycles. The van der Waals surface area contributed by atoms with Crippen molar-refractivity contribution in [3.63, 3.8) is 0 Å². The van der Waals surface area contributed by atoms with Crippen LogP contribution in [-0.2, 0) is 11.2 Å². The molecular formula is C20H22FNO2. The van der Waals surface area contributed by atoms with E-state index in [4.69, 9.17) is 0 Å². The molecule has 2 N–H and O–H groups in total. The first kappa shape index (κ1) is 17.9. The summed E-state index contributed by atoms with van der Waals surface area (Å²) in [4.78, 5) is 11.9. The standard InChI is InChI=1S/C20H22FNO2/c1-15(19(23)14-17-7-3-2-4-8-17)22-20(24)12-6-10-16-9-5-11-18(21)13-16/h2-11,13,15,19,23H,12,14H2,1H3,(H,22,24)/b10-6+. The molecule has 0 spiro atoms. The maximum atomic E-state index is 13.1. The highest BCUT2D eigenvalue weighted by Gasteiger charge is 2.16. The van der Waals surface area contributed by atoms with E-state index < -0.39 is 6.10 Å². The molecule has 1 amide bonds. The van der Waals surface area contributed by atoms with Gasteiger partial charge in [-0.3, -0.25) is 4.79 Å². The molecule has 0 radical (unpaired) electrons. The lowest BCUT2D eigenvalue weighted by molar-refractivity contribution is -0.121. The maximum absolute atomic E-state index is 13.1. The first-order chi connectivity index (χ1) is 11.5. The van der Waals surface area contributed by atoms with Gasteiger partial charge in [0.25, 0.3) is 0 Å². The molecule has 0 saturated heterocycles. The normalized spacial score (nSPS) is 13.6. The van der Waals surface area contributed by atoms with E-state index in [1.54, 1.807) is 31.2 Å². The first-order valence-corrected chi connectivity index (χ1v) is 7.98. The predicted molar refractivity (Wildman–Crippen MR) is 93.8 cm³/mol. The lowest BCUT2D eigenvalue weighted by Gasteiger charge is -2.20. The molecular weight excluding hydrogens is 305 g/mol. The molecule has 0 heterocycles. The second-order valence-corrected chi connectivity index (χ2v) is 5.77. The Hall–Kier alpha value is -2.46. The third-order valence-electron chi connectivity index (χ3n) is 3.72. The average Bonchev–Trinajstić information content (AvgIpc) is 2.55. The summed E-state index contributed by atoms with van der Waals surface area (Å²) in [5.41, 5.74) is 1.73. The summed E-state index contributed by atoms with van der Waals surface area (Å²) >= 11 is 0. The molecule has 4 heteroatoms.